The molecule has 0 aliphatic carbocycles. The summed E-state index contributed by atoms with van der Waals surface area (Å²) in [6.07, 6.45) is 2.68. The number of Topliss-reactive ketones (excluding diaryl/α,β-unsaturated/α-hetero) is 1. The summed E-state index contributed by atoms with van der Waals surface area (Å²) < 4.78 is 32.7. The van der Waals surface area contributed by atoms with Crippen LogP contribution in [0.25, 0.3) is 5.76 Å². The first-order valence-corrected chi connectivity index (χ1v) is 14.1. The molecule has 1 N–H and O–H groups in total. The van der Waals surface area contributed by atoms with E-state index in [2.05, 4.69) is 13.8 Å². The second-order valence-corrected chi connectivity index (χ2v) is 11.7. The molecule has 2 aliphatic heterocycles. The molecule has 0 spiro atoms. The van der Waals surface area contributed by atoms with Crippen molar-refractivity contribution in [2.75, 3.05) is 33.4 Å². The molecule has 4 rings (SSSR count). The normalized spacial score (nSPS) is 20.6. The van der Waals surface area contributed by atoms with Crippen LogP contribution >= 0.6 is 0 Å². The van der Waals surface area contributed by atoms with Crippen LogP contribution < -0.4 is 0 Å². The maximum absolute atomic E-state index is 13.1. The zero-order valence-electron chi connectivity index (χ0n) is 21.5. The highest BCUT2D eigenvalue weighted by Gasteiger charge is 2.45. The number of aliphatic hydroxyl groups is 1. The first kappa shape index (κ1) is 27.0. The number of ketones is 1. The summed E-state index contributed by atoms with van der Waals surface area (Å²) in [5, 5.41) is 11.3. The zero-order chi connectivity index (χ0) is 26.7. The van der Waals surface area contributed by atoms with Crippen molar-refractivity contribution in [3.05, 3.63) is 70.8 Å². The predicted molar refractivity (Wildman–Crippen MR) is 140 cm³/mol. The van der Waals surface area contributed by atoms with Gasteiger partial charge < -0.3 is 14.7 Å². The number of hydrogen-bond acceptors (Lipinski definition) is 6. The standard InChI is InChI=1S/C28H34N2O6S/c1-19(2)20-7-9-21(10-8-20)25-24(27(32)28(33)30(25)17-18-36-3)26(31)22-11-13-23(14-12-22)37(34,35)29-15-5-4-6-16-29/h7-14,19,25,31H,4-6,15-18H2,1-3H3/b26-24-. The van der Waals surface area contributed by atoms with Crippen molar-refractivity contribution in [2.45, 2.75) is 50.0 Å². The molecule has 1 unspecified atom stereocenters. The van der Waals surface area contributed by atoms with E-state index in [4.69, 9.17) is 4.74 Å². The van der Waals surface area contributed by atoms with E-state index in [9.17, 15) is 23.1 Å². The Hall–Kier alpha value is -3.01. The van der Waals surface area contributed by atoms with Crippen LogP contribution in [0, 0.1) is 0 Å². The third kappa shape index (κ3) is 5.35. The Balaban J connectivity index is 1.73. The van der Waals surface area contributed by atoms with E-state index >= 15 is 0 Å². The molecule has 0 bridgehead atoms. The smallest absolute Gasteiger partial charge is 0.295 e. The lowest BCUT2D eigenvalue weighted by Crippen LogP contribution is -2.35. The predicted octanol–water partition coefficient (Wildman–Crippen LogP) is 4.05. The molecule has 1 atom stereocenters. The number of likely N-dealkylation sites (tertiary alicyclic amines) is 1. The largest absolute Gasteiger partial charge is 0.507 e. The van der Waals surface area contributed by atoms with Gasteiger partial charge in [-0.1, -0.05) is 44.5 Å². The van der Waals surface area contributed by atoms with Crippen molar-refractivity contribution in [1.29, 1.82) is 0 Å². The Bertz CT molecular complexity index is 1280. The van der Waals surface area contributed by atoms with Gasteiger partial charge in [-0.05, 0) is 54.2 Å². The van der Waals surface area contributed by atoms with Gasteiger partial charge in [-0.3, -0.25) is 9.59 Å². The van der Waals surface area contributed by atoms with E-state index in [1.54, 1.807) is 0 Å². The molecule has 2 saturated heterocycles. The number of hydrogen-bond donors (Lipinski definition) is 1. The molecule has 2 aromatic rings. The lowest BCUT2D eigenvalue weighted by molar-refractivity contribution is -0.140. The molecule has 8 nitrogen and oxygen atoms in total. The van der Waals surface area contributed by atoms with E-state index in [-0.39, 0.29) is 34.9 Å². The van der Waals surface area contributed by atoms with Crippen molar-refractivity contribution in [1.82, 2.24) is 9.21 Å². The quantitative estimate of drug-likeness (QED) is 0.316. The zero-order valence-corrected chi connectivity index (χ0v) is 22.3. The average molecular weight is 527 g/mol. The van der Waals surface area contributed by atoms with Crippen LogP contribution in [0.1, 0.15) is 61.8 Å². The van der Waals surface area contributed by atoms with E-state index in [1.165, 1.54) is 40.6 Å². The number of rotatable bonds is 8. The summed E-state index contributed by atoms with van der Waals surface area (Å²) in [7, 11) is -2.12. The molecule has 37 heavy (non-hydrogen) atoms. The Morgan fingerprint density at radius 2 is 1.62 bits per heavy atom. The average Bonchev–Trinajstić information content (AvgIpc) is 3.17. The summed E-state index contributed by atoms with van der Waals surface area (Å²) in [5.41, 5.74) is 2.06. The molecule has 2 aliphatic rings. The number of sulfonamides is 1. The SMILES string of the molecule is COCCN1C(=O)C(=O)/C(=C(\O)c2ccc(S(=O)(=O)N3CCCCC3)cc2)C1c1ccc(C(C)C)cc1. The van der Waals surface area contributed by atoms with Gasteiger partial charge in [0.1, 0.15) is 5.76 Å². The molecule has 9 heteroatoms. The second kappa shape index (κ2) is 11.2. The van der Waals surface area contributed by atoms with Crippen molar-refractivity contribution in [2.24, 2.45) is 0 Å². The van der Waals surface area contributed by atoms with Crippen LogP contribution in [0.5, 0.6) is 0 Å². The maximum atomic E-state index is 13.1. The van der Waals surface area contributed by atoms with Gasteiger partial charge in [-0.2, -0.15) is 4.31 Å². The number of amides is 1. The molecular formula is C28H34N2O6S. The minimum absolute atomic E-state index is 0.0231. The highest BCUT2D eigenvalue weighted by atomic mass is 32.2. The fourth-order valence-electron chi connectivity index (χ4n) is 4.90. The number of carbonyl (C=O) groups is 2. The van der Waals surface area contributed by atoms with Crippen LogP contribution in [0.4, 0.5) is 0 Å². The van der Waals surface area contributed by atoms with Crippen LogP contribution in [-0.2, 0) is 24.3 Å². The number of benzene rings is 2. The van der Waals surface area contributed by atoms with Gasteiger partial charge in [-0.15, -0.1) is 0 Å². The van der Waals surface area contributed by atoms with Gasteiger partial charge in [0.25, 0.3) is 11.7 Å². The molecule has 1 amide bonds. The summed E-state index contributed by atoms with van der Waals surface area (Å²) in [5.74, 6) is -1.51. The number of methoxy groups -OCH3 is 1. The summed E-state index contributed by atoms with van der Waals surface area (Å²) >= 11 is 0. The number of aliphatic hydroxyl groups excluding tert-OH is 1. The third-order valence-corrected chi connectivity index (χ3v) is 8.99. The minimum Gasteiger partial charge on any atom is -0.507 e. The molecule has 198 valence electrons. The maximum Gasteiger partial charge on any atom is 0.295 e. The Kier molecular flexibility index (Phi) is 8.16. The van der Waals surface area contributed by atoms with Crippen LogP contribution in [0.3, 0.4) is 0 Å². The van der Waals surface area contributed by atoms with Crippen molar-refractivity contribution in [3.8, 4) is 0 Å². The van der Waals surface area contributed by atoms with Gasteiger partial charge in [0.05, 0.1) is 23.1 Å². The minimum atomic E-state index is -3.63. The Morgan fingerprint density at radius 3 is 2.19 bits per heavy atom. The van der Waals surface area contributed by atoms with Gasteiger partial charge in [0, 0.05) is 32.3 Å². The van der Waals surface area contributed by atoms with E-state index in [0.29, 0.717) is 24.6 Å². The molecule has 0 aromatic heterocycles. The summed E-state index contributed by atoms with van der Waals surface area (Å²) in [4.78, 5) is 27.6. The fraction of sp³-hybridized carbons (Fsp3) is 0.429. The van der Waals surface area contributed by atoms with Crippen LogP contribution in [0.15, 0.2) is 59.0 Å². The fourth-order valence-corrected chi connectivity index (χ4v) is 6.42. The third-order valence-electron chi connectivity index (χ3n) is 7.08. The van der Waals surface area contributed by atoms with Gasteiger partial charge >= 0.3 is 0 Å². The lowest BCUT2D eigenvalue weighted by Gasteiger charge is -2.26. The molecular weight excluding hydrogens is 492 g/mol. The Labute approximate surface area is 218 Å². The monoisotopic (exact) mass is 526 g/mol. The number of carbonyl (C=O) groups excluding carboxylic acids is 2. The van der Waals surface area contributed by atoms with Gasteiger partial charge in [0.2, 0.25) is 10.0 Å². The van der Waals surface area contributed by atoms with Crippen molar-refractivity contribution < 1.29 is 27.9 Å². The van der Waals surface area contributed by atoms with Gasteiger partial charge in [0.15, 0.2) is 0 Å². The second-order valence-electron chi connectivity index (χ2n) is 9.80. The molecule has 0 saturated carbocycles. The highest BCUT2D eigenvalue weighted by Crippen LogP contribution is 2.39. The highest BCUT2D eigenvalue weighted by molar-refractivity contribution is 7.89. The van der Waals surface area contributed by atoms with E-state index in [1.807, 2.05) is 24.3 Å². The first-order valence-electron chi connectivity index (χ1n) is 12.6. The molecule has 2 aromatic carbocycles. The van der Waals surface area contributed by atoms with Gasteiger partial charge in [-0.25, -0.2) is 8.42 Å². The van der Waals surface area contributed by atoms with Crippen LogP contribution in [0.2, 0.25) is 0 Å². The van der Waals surface area contributed by atoms with Crippen LogP contribution in [-0.4, -0.2) is 67.8 Å². The van der Waals surface area contributed by atoms with E-state index < -0.39 is 27.8 Å². The van der Waals surface area contributed by atoms with Crippen molar-refractivity contribution in [3.63, 3.8) is 0 Å². The van der Waals surface area contributed by atoms with Crippen molar-refractivity contribution >= 4 is 27.5 Å². The number of nitrogens with zero attached hydrogens (tertiary/aromatic N) is 2. The Morgan fingerprint density at radius 1 is 1.00 bits per heavy atom. The van der Waals surface area contributed by atoms with E-state index in [0.717, 1.165) is 24.8 Å². The number of ether oxygens (including phenoxy) is 1. The lowest BCUT2D eigenvalue weighted by atomic mass is 9.93. The number of piperidine rings is 1. The molecule has 2 fully saturated rings. The first-order chi connectivity index (χ1) is 17.7. The molecule has 0 radical (unpaired) electrons. The topological polar surface area (TPSA) is 104 Å². The summed E-state index contributed by atoms with van der Waals surface area (Å²) in [6.45, 7) is 5.55. The summed E-state index contributed by atoms with van der Waals surface area (Å²) in [6, 6.07) is 12.7. The molecule has 2 heterocycles.